The summed E-state index contributed by atoms with van der Waals surface area (Å²) in [6.07, 6.45) is 3.84. The number of rotatable bonds is 7. The predicted molar refractivity (Wildman–Crippen MR) is 122 cm³/mol. The highest BCUT2D eigenvalue weighted by Crippen LogP contribution is 2.45. The van der Waals surface area contributed by atoms with Gasteiger partial charge in [-0.2, -0.15) is 0 Å². The minimum atomic E-state index is -1.21. The maximum Gasteiger partial charge on any atom is 0.408 e. The van der Waals surface area contributed by atoms with Gasteiger partial charge in [0.05, 0.1) is 13.2 Å². The second-order valence-electron chi connectivity index (χ2n) is 10.6. The van der Waals surface area contributed by atoms with Crippen molar-refractivity contribution in [2.75, 3.05) is 13.7 Å². The number of nitrogens with one attached hydrogen (secondary N) is 2. The van der Waals surface area contributed by atoms with Gasteiger partial charge < -0.3 is 30.1 Å². The largest absolute Gasteiger partial charge is 0.467 e. The van der Waals surface area contributed by atoms with Gasteiger partial charge in [0, 0.05) is 18.9 Å². The maximum absolute atomic E-state index is 13.6. The summed E-state index contributed by atoms with van der Waals surface area (Å²) in [6.45, 7) is 9.05. The molecule has 190 valence electrons. The molecule has 5 atom stereocenters. The molecule has 34 heavy (non-hydrogen) atoms. The van der Waals surface area contributed by atoms with Crippen molar-refractivity contribution in [3.8, 4) is 0 Å². The van der Waals surface area contributed by atoms with Crippen LogP contribution in [0.25, 0.3) is 0 Å². The van der Waals surface area contributed by atoms with Crippen molar-refractivity contribution < 1.29 is 33.8 Å². The predicted octanol–water partition coefficient (Wildman–Crippen LogP) is 1.27. The summed E-state index contributed by atoms with van der Waals surface area (Å²) in [7, 11) is 1.24. The molecule has 0 bridgehead atoms. The zero-order chi connectivity index (χ0) is 25.3. The summed E-state index contributed by atoms with van der Waals surface area (Å²) < 4.78 is 10.3. The molecule has 1 heterocycles. The van der Waals surface area contributed by atoms with Crippen LogP contribution >= 0.6 is 0 Å². The Morgan fingerprint density at radius 2 is 1.85 bits per heavy atom. The van der Waals surface area contributed by atoms with E-state index < -0.39 is 53.0 Å². The zero-order valence-corrected chi connectivity index (χ0v) is 20.5. The van der Waals surface area contributed by atoms with Gasteiger partial charge in [-0.15, -0.1) is 6.58 Å². The molecule has 1 unspecified atom stereocenters. The van der Waals surface area contributed by atoms with Crippen LogP contribution in [-0.4, -0.2) is 77.4 Å². The van der Waals surface area contributed by atoms with E-state index in [1.54, 1.807) is 26.8 Å². The number of carbonyl (C=O) groups is 4. The molecule has 3 rings (SSSR count). The van der Waals surface area contributed by atoms with E-state index in [9.17, 15) is 24.3 Å². The van der Waals surface area contributed by atoms with Crippen molar-refractivity contribution in [3.63, 3.8) is 0 Å². The lowest BCUT2D eigenvalue weighted by Gasteiger charge is -2.35. The number of alkyl carbamates (subject to hydrolysis) is 1. The minimum absolute atomic E-state index is 0.0248. The van der Waals surface area contributed by atoms with Crippen LogP contribution in [0.4, 0.5) is 4.79 Å². The van der Waals surface area contributed by atoms with Gasteiger partial charge in [0.1, 0.15) is 23.7 Å². The molecule has 2 aliphatic carbocycles. The van der Waals surface area contributed by atoms with Gasteiger partial charge >= 0.3 is 12.1 Å². The number of amides is 3. The smallest absolute Gasteiger partial charge is 0.408 e. The first kappa shape index (κ1) is 26.0. The van der Waals surface area contributed by atoms with Crippen LogP contribution in [0.3, 0.4) is 0 Å². The summed E-state index contributed by atoms with van der Waals surface area (Å²) in [5.41, 5.74) is -1.89. The van der Waals surface area contributed by atoms with Crippen molar-refractivity contribution in [2.45, 2.75) is 89.1 Å². The van der Waals surface area contributed by atoms with E-state index in [0.29, 0.717) is 6.42 Å². The second-order valence-corrected chi connectivity index (χ2v) is 10.6. The summed E-state index contributed by atoms with van der Waals surface area (Å²) in [4.78, 5) is 52.9. The van der Waals surface area contributed by atoms with E-state index in [1.165, 1.54) is 12.0 Å². The Kier molecular flexibility index (Phi) is 7.59. The molecule has 1 aliphatic heterocycles. The van der Waals surface area contributed by atoms with Crippen molar-refractivity contribution >= 4 is 23.9 Å². The number of hydrogen-bond acceptors (Lipinski definition) is 7. The SMILES string of the molecule is C=C[C@@H]1C[C@]1(NC(=O)[C@@H]1C[C@@H](O)CN1C(=O)C(NC(=O)OC1CCCC1)C(C)(C)C)C(=O)OC. The van der Waals surface area contributed by atoms with E-state index in [0.717, 1.165) is 25.7 Å². The molecular formula is C24H37N3O7. The topological polar surface area (TPSA) is 134 Å². The minimum Gasteiger partial charge on any atom is -0.467 e. The van der Waals surface area contributed by atoms with E-state index in [1.807, 2.05) is 0 Å². The van der Waals surface area contributed by atoms with Gasteiger partial charge in [0.15, 0.2) is 0 Å². The first-order valence-electron chi connectivity index (χ1n) is 11.9. The van der Waals surface area contributed by atoms with Crippen molar-refractivity contribution in [1.29, 1.82) is 0 Å². The Labute approximate surface area is 200 Å². The standard InChI is InChI=1S/C24H37N3O7/c1-6-14-12-24(14,21(31)33-5)26-19(29)17-11-15(28)13-27(17)20(30)18(23(2,3)4)25-22(32)34-16-9-7-8-10-16/h6,14-18,28H,1,7-13H2,2-5H3,(H,25,32)(H,26,29)/t14-,15-,17+,18?,24-/m1/s1. The third kappa shape index (κ3) is 5.37. The maximum atomic E-state index is 13.6. The molecule has 10 heteroatoms. The van der Waals surface area contributed by atoms with Crippen molar-refractivity contribution in [2.24, 2.45) is 11.3 Å². The van der Waals surface area contributed by atoms with E-state index in [4.69, 9.17) is 9.47 Å². The Hall–Kier alpha value is -2.62. The lowest BCUT2D eigenvalue weighted by atomic mass is 9.85. The average Bonchev–Trinajstić information content (AvgIpc) is 3.07. The number of esters is 1. The Balaban J connectivity index is 1.74. The lowest BCUT2D eigenvalue weighted by molar-refractivity contribution is -0.148. The number of ether oxygens (including phenoxy) is 2. The van der Waals surface area contributed by atoms with Crippen LogP contribution in [0.1, 0.15) is 59.3 Å². The highest BCUT2D eigenvalue weighted by Gasteiger charge is 2.62. The Bertz CT molecular complexity index is 833. The highest BCUT2D eigenvalue weighted by molar-refractivity contribution is 5.96. The molecule has 0 aromatic heterocycles. The summed E-state index contributed by atoms with van der Waals surface area (Å²) >= 11 is 0. The quantitative estimate of drug-likeness (QED) is 0.370. The monoisotopic (exact) mass is 479 g/mol. The number of aliphatic hydroxyl groups excluding tert-OH is 1. The molecule has 3 N–H and O–H groups in total. The molecule has 1 saturated heterocycles. The number of aliphatic hydroxyl groups is 1. The molecule has 0 aromatic rings. The number of β-amino-alcohol motifs (C(OH)–C–C–N with tert-alkyl or cyclic N) is 1. The van der Waals surface area contributed by atoms with Crippen LogP contribution in [0, 0.1) is 11.3 Å². The van der Waals surface area contributed by atoms with Gasteiger partial charge in [-0.05, 0) is 37.5 Å². The first-order valence-corrected chi connectivity index (χ1v) is 11.9. The van der Waals surface area contributed by atoms with Gasteiger partial charge in [0.25, 0.3) is 0 Å². The van der Waals surface area contributed by atoms with Crippen LogP contribution in [0.15, 0.2) is 12.7 Å². The number of hydrogen-bond donors (Lipinski definition) is 3. The van der Waals surface area contributed by atoms with Crippen LogP contribution in [0.5, 0.6) is 0 Å². The Morgan fingerprint density at radius 3 is 2.38 bits per heavy atom. The number of likely N-dealkylation sites (tertiary alicyclic amines) is 1. The molecule has 3 amide bonds. The molecular weight excluding hydrogens is 442 g/mol. The van der Waals surface area contributed by atoms with Crippen LogP contribution < -0.4 is 10.6 Å². The molecule has 3 fully saturated rings. The van der Waals surface area contributed by atoms with E-state index >= 15 is 0 Å². The Morgan fingerprint density at radius 1 is 1.21 bits per heavy atom. The third-order valence-corrected chi connectivity index (χ3v) is 7.01. The first-order chi connectivity index (χ1) is 15.9. The summed E-state index contributed by atoms with van der Waals surface area (Å²) in [5.74, 6) is -1.89. The normalized spacial score (nSPS) is 29.8. The van der Waals surface area contributed by atoms with Gasteiger partial charge in [0.2, 0.25) is 11.8 Å². The fourth-order valence-electron chi connectivity index (χ4n) is 4.92. The number of methoxy groups -OCH3 is 1. The molecule has 2 saturated carbocycles. The second kappa shape index (κ2) is 9.93. The lowest BCUT2D eigenvalue weighted by Crippen LogP contribution is -2.59. The molecule has 0 spiro atoms. The van der Waals surface area contributed by atoms with Crippen LogP contribution in [-0.2, 0) is 23.9 Å². The van der Waals surface area contributed by atoms with Gasteiger partial charge in [-0.25, -0.2) is 9.59 Å². The van der Waals surface area contributed by atoms with Crippen molar-refractivity contribution in [3.05, 3.63) is 12.7 Å². The number of carbonyl (C=O) groups excluding carboxylic acids is 4. The molecule has 0 aromatic carbocycles. The zero-order valence-electron chi connectivity index (χ0n) is 20.5. The number of nitrogens with zero attached hydrogens (tertiary/aromatic N) is 1. The molecule has 0 radical (unpaired) electrons. The highest BCUT2D eigenvalue weighted by atomic mass is 16.6. The van der Waals surface area contributed by atoms with Gasteiger partial charge in [-0.1, -0.05) is 26.8 Å². The summed E-state index contributed by atoms with van der Waals surface area (Å²) in [5, 5.41) is 15.7. The fraction of sp³-hybridized carbons (Fsp3) is 0.750. The van der Waals surface area contributed by atoms with Gasteiger partial charge in [-0.3, -0.25) is 9.59 Å². The average molecular weight is 480 g/mol. The summed E-state index contributed by atoms with van der Waals surface area (Å²) in [6, 6.07) is -1.97. The van der Waals surface area contributed by atoms with E-state index in [2.05, 4.69) is 17.2 Å². The fourth-order valence-corrected chi connectivity index (χ4v) is 4.92. The van der Waals surface area contributed by atoms with Crippen LogP contribution in [0.2, 0.25) is 0 Å². The van der Waals surface area contributed by atoms with E-state index in [-0.39, 0.29) is 25.0 Å². The third-order valence-electron chi connectivity index (χ3n) is 7.01. The molecule has 3 aliphatic rings. The molecule has 10 nitrogen and oxygen atoms in total. The van der Waals surface area contributed by atoms with Crippen molar-refractivity contribution in [1.82, 2.24) is 15.5 Å².